The number of aromatic nitrogens is 2. The molecule has 9 heteroatoms. The van der Waals surface area contributed by atoms with Crippen molar-refractivity contribution in [2.45, 2.75) is 32.9 Å². The second-order valence-electron chi connectivity index (χ2n) is 5.35. The van der Waals surface area contributed by atoms with Crippen molar-refractivity contribution in [2.75, 3.05) is 0 Å². The number of furan rings is 1. The van der Waals surface area contributed by atoms with Crippen LogP contribution in [0.2, 0.25) is 0 Å². The fourth-order valence-electron chi connectivity index (χ4n) is 2.61. The molecule has 3 rings (SSSR count). The second-order valence-corrected chi connectivity index (χ2v) is 5.35. The Morgan fingerprint density at radius 1 is 1.40 bits per heavy atom. The largest absolute Gasteiger partial charge is 0.476 e. The predicted octanol–water partition coefficient (Wildman–Crippen LogP) is 3.24. The van der Waals surface area contributed by atoms with Crippen LogP contribution in [0.25, 0.3) is 21.9 Å². The third kappa shape index (κ3) is 2.92. The number of benzene rings is 1. The van der Waals surface area contributed by atoms with Gasteiger partial charge in [-0.05, 0) is 12.5 Å². The molecule has 0 bridgehead atoms. The number of carboxylic acids is 1. The van der Waals surface area contributed by atoms with E-state index in [2.05, 4.69) is 9.84 Å². The Balaban J connectivity index is 2.37. The average molecular weight is 352 g/mol. The molecule has 132 valence electrons. The topological polar surface area (TPSA) is 94.6 Å². The Kier molecular flexibility index (Phi) is 4.39. The number of aromatic carboxylic acids is 1. The van der Waals surface area contributed by atoms with Gasteiger partial charge < -0.3 is 14.3 Å². The van der Waals surface area contributed by atoms with Gasteiger partial charge >= 0.3 is 18.1 Å². The van der Waals surface area contributed by atoms with Gasteiger partial charge in [0.2, 0.25) is 5.58 Å². The number of rotatable bonds is 6. The van der Waals surface area contributed by atoms with Crippen molar-refractivity contribution in [2.24, 2.45) is 0 Å². The minimum absolute atomic E-state index is 0.0278. The molecule has 2 aromatic heterocycles. The van der Waals surface area contributed by atoms with E-state index in [0.29, 0.717) is 6.42 Å². The average Bonchev–Trinajstić information content (AvgIpc) is 2.95. The lowest BCUT2D eigenvalue weighted by molar-refractivity contribution is -0.0493. The molecule has 0 spiro atoms. The molecule has 0 saturated carbocycles. The number of carbonyl (C=O) groups is 1. The molecule has 7 nitrogen and oxygen atoms in total. The number of carboxylic acid groups (broad SMARTS) is 1. The number of halogens is 2. The molecule has 2 heterocycles. The summed E-state index contributed by atoms with van der Waals surface area (Å²) in [6, 6.07) is 4.12. The third-order valence-electron chi connectivity index (χ3n) is 3.71. The zero-order valence-electron chi connectivity index (χ0n) is 13.2. The van der Waals surface area contributed by atoms with Crippen molar-refractivity contribution in [1.82, 2.24) is 9.78 Å². The summed E-state index contributed by atoms with van der Waals surface area (Å²) in [5.74, 6) is -1.63. The lowest BCUT2D eigenvalue weighted by Crippen LogP contribution is -2.25. The molecular weight excluding hydrogens is 338 g/mol. The van der Waals surface area contributed by atoms with Gasteiger partial charge in [-0.15, -0.1) is 0 Å². The Bertz CT molecular complexity index is 1010. The van der Waals surface area contributed by atoms with Gasteiger partial charge in [0.1, 0.15) is 0 Å². The maximum Gasteiger partial charge on any atom is 0.387 e. The van der Waals surface area contributed by atoms with Gasteiger partial charge in [0, 0.05) is 11.9 Å². The molecule has 1 aromatic carbocycles. The SMILES string of the molecule is CCCCn1nc(C(=O)O)c2c(oc3c(OC(F)F)cccc32)c1=O. The number of unbranched alkanes of at least 4 members (excludes halogenated alkanes) is 1. The number of aryl methyl sites for hydroxylation is 1. The zero-order valence-corrected chi connectivity index (χ0v) is 13.2. The smallest absolute Gasteiger partial charge is 0.387 e. The zero-order chi connectivity index (χ0) is 18.1. The molecule has 0 saturated heterocycles. The number of hydrogen-bond donors (Lipinski definition) is 1. The molecule has 0 aliphatic heterocycles. The Morgan fingerprint density at radius 3 is 2.80 bits per heavy atom. The van der Waals surface area contributed by atoms with Crippen LogP contribution in [0.4, 0.5) is 8.78 Å². The molecular formula is C16H14F2N2O5. The van der Waals surface area contributed by atoms with Crippen molar-refractivity contribution in [3.8, 4) is 5.75 Å². The highest BCUT2D eigenvalue weighted by atomic mass is 19.3. The van der Waals surface area contributed by atoms with Gasteiger partial charge in [0.05, 0.1) is 5.39 Å². The molecule has 0 fully saturated rings. The van der Waals surface area contributed by atoms with E-state index in [1.54, 1.807) is 0 Å². The van der Waals surface area contributed by atoms with E-state index in [1.165, 1.54) is 18.2 Å². The summed E-state index contributed by atoms with van der Waals surface area (Å²) in [5.41, 5.74) is -1.36. The number of para-hydroxylation sites is 1. The van der Waals surface area contributed by atoms with Gasteiger partial charge in [0.25, 0.3) is 0 Å². The summed E-state index contributed by atoms with van der Waals surface area (Å²) in [7, 11) is 0. The molecule has 3 aromatic rings. The van der Waals surface area contributed by atoms with E-state index in [1.807, 2.05) is 6.92 Å². The second kappa shape index (κ2) is 6.50. The van der Waals surface area contributed by atoms with Crippen molar-refractivity contribution in [3.05, 3.63) is 34.2 Å². The summed E-state index contributed by atoms with van der Waals surface area (Å²) < 4.78 is 36.0. The predicted molar refractivity (Wildman–Crippen MR) is 84.3 cm³/mol. The van der Waals surface area contributed by atoms with Crippen LogP contribution < -0.4 is 10.3 Å². The minimum Gasteiger partial charge on any atom is -0.476 e. The van der Waals surface area contributed by atoms with Gasteiger partial charge in [-0.1, -0.05) is 25.5 Å². The number of nitrogens with zero attached hydrogens (tertiary/aromatic N) is 2. The first-order valence-corrected chi connectivity index (χ1v) is 7.58. The number of ether oxygens (including phenoxy) is 1. The summed E-state index contributed by atoms with van der Waals surface area (Å²) >= 11 is 0. The summed E-state index contributed by atoms with van der Waals surface area (Å²) in [5, 5.41) is 13.5. The maximum absolute atomic E-state index is 12.6. The number of fused-ring (bicyclic) bond motifs is 3. The van der Waals surface area contributed by atoms with Crippen molar-refractivity contribution >= 4 is 27.9 Å². The van der Waals surface area contributed by atoms with Crippen LogP contribution in [-0.2, 0) is 6.54 Å². The molecule has 1 N–H and O–H groups in total. The van der Waals surface area contributed by atoms with E-state index >= 15 is 0 Å². The van der Waals surface area contributed by atoms with Gasteiger partial charge in [-0.25, -0.2) is 9.48 Å². The highest BCUT2D eigenvalue weighted by Crippen LogP contribution is 2.35. The fourth-order valence-corrected chi connectivity index (χ4v) is 2.61. The molecule has 0 atom stereocenters. The van der Waals surface area contributed by atoms with Gasteiger partial charge in [-0.2, -0.15) is 13.9 Å². The van der Waals surface area contributed by atoms with Gasteiger partial charge in [0.15, 0.2) is 17.0 Å². The maximum atomic E-state index is 12.6. The molecule has 0 unspecified atom stereocenters. The van der Waals surface area contributed by atoms with E-state index in [-0.39, 0.29) is 39.9 Å². The Hall–Kier alpha value is -2.97. The van der Waals surface area contributed by atoms with E-state index < -0.39 is 18.1 Å². The summed E-state index contributed by atoms with van der Waals surface area (Å²) in [6.45, 7) is -0.947. The van der Waals surface area contributed by atoms with E-state index in [0.717, 1.165) is 11.1 Å². The van der Waals surface area contributed by atoms with E-state index in [4.69, 9.17) is 4.42 Å². The minimum atomic E-state index is -3.09. The van der Waals surface area contributed by atoms with Crippen molar-refractivity contribution < 1.29 is 27.8 Å². The van der Waals surface area contributed by atoms with Crippen LogP contribution in [-0.4, -0.2) is 27.5 Å². The van der Waals surface area contributed by atoms with Crippen LogP contribution in [0.3, 0.4) is 0 Å². The first kappa shape index (κ1) is 16.9. The monoisotopic (exact) mass is 352 g/mol. The standard InChI is InChI=1S/C16H14F2N2O5/c1-2-3-7-20-14(21)13-10(11(19-20)15(22)23)8-5-4-6-9(12(8)25-13)24-16(17)18/h4-6,16H,2-3,7H2,1H3,(H,22,23). The fraction of sp³-hybridized carbons (Fsp3) is 0.312. The lowest BCUT2D eigenvalue weighted by atomic mass is 10.1. The van der Waals surface area contributed by atoms with Crippen LogP contribution in [0.15, 0.2) is 27.4 Å². The normalized spacial score (nSPS) is 11.5. The molecule has 0 radical (unpaired) electrons. The van der Waals surface area contributed by atoms with Crippen LogP contribution in [0.5, 0.6) is 5.75 Å². The molecule has 25 heavy (non-hydrogen) atoms. The van der Waals surface area contributed by atoms with Crippen LogP contribution in [0, 0.1) is 0 Å². The molecule has 0 aliphatic carbocycles. The van der Waals surface area contributed by atoms with Crippen molar-refractivity contribution in [3.63, 3.8) is 0 Å². The third-order valence-corrected chi connectivity index (χ3v) is 3.71. The molecule has 0 aliphatic rings. The number of hydrogen-bond acceptors (Lipinski definition) is 5. The van der Waals surface area contributed by atoms with Crippen molar-refractivity contribution in [1.29, 1.82) is 0 Å². The first-order chi connectivity index (χ1) is 11.9. The Labute approximate surface area is 139 Å². The quantitative estimate of drug-likeness (QED) is 0.732. The van der Waals surface area contributed by atoms with Crippen LogP contribution >= 0.6 is 0 Å². The highest BCUT2D eigenvalue weighted by molar-refractivity contribution is 6.14. The van der Waals surface area contributed by atoms with Crippen LogP contribution in [0.1, 0.15) is 30.3 Å². The van der Waals surface area contributed by atoms with E-state index in [9.17, 15) is 23.5 Å². The summed E-state index contributed by atoms with van der Waals surface area (Å²) in [4.78, 5) is 24.1. The number of alkyl halides is 2. The summed E-state index contributed by atoms with van der Waals surface area (Å²) in [6.07, 6.45) is 1.40. The highest BCUT2D eigenvalue weighted by Gasteiger charge is 2.24. The Morgan fingerprint density at radius 2 is 2.16 bits per heavy atom. The van der Waals surface area contributed by atoms with Gasteiger partial charge in [-0.3, -0.25) is 4.79 Å². The first-order valence-electron chi connectivity index (χ1n) is 7.58. The molecule has 0 amide bonds. The lowest BCUT2D eigenvalue weighted by Gasteiger charge is -2.05.